The molecular weight excluding hydrogens is 377 g/mol. The van der Waals surface area contributed by atoms with E-state index in [0.717, 1.165) is 9.80 Å². The summed E-state index contributed by atoms with van der Waals surface area (Å²) >= 11 is 0. The smallest absolute Gasteiger partial charge is 0.549 e. The average molecular weight is 390 g/mol. The van der Waals surface area contributed by atoms with Crippen LogP contribution in [0.25, 0.3) is 0 Å². The Kier molecular flexibility index (Phi) is 26.8. The van der Waals surface area contributed by atoms with Crippen LogP contribution < -0.4 is 148 Å². The van der Waals surface area contributed by atoms with Crippen molar-refractivity contribution < 1.29 is 172 Å². The predicted octanol–water partition coefficient (Wildman–Crippen LogP) is -15.1. The van der Waals surface area contributed by atoms with Gasteiger partial charge in [0.1, 0.15) is 0 Å². The summed E-state index contributed by atoms with van der Waals surface area (Å²) in [5, 5.41) is 39.8. The van der Waals surface area contributed by atoms with E-state index in [1.54, 1.807) is 0 Å². The summed E-state index contributed by atoms with van der Waals surface area (Å²) in [6, 6.07) is 0. The van der Waals surface area contributed by atoms with Crippen molar-refractivity contribution in [2.24, 2.45) is 0 Å². The number of nitrogens with zero attached hydrogens (tertiary/aromatic N) is 2. The molecule has 0 spiro atoms. The number of rotatable bonds is 11. The summed E-state index contributed by atoms with van der Waals surface area (Å²) in [6.45, 7) is -3.00. The van der Waals surface area contributed by atoms with Gasteiger partial charge in [-0.15, -0.1) is 0 Å². The second kappa shape index (κ2) is 18.9. The molecule has 0 saturated carbocycles. The third kappa shape index (κ3) is 22.0. The molecule has 0 aromatic heterocycles. The topological polar surface area (TPSA) is 164 Å². The van der Waals surface area contributed by atoms with Crippen LogP contribution in [0.2, 0.25) is 0 Å². The molecule has 0 fully saturated rings. The summed E-state index contributed by atoms with van der Waals surface area (Å²) in [4.78, 5) is 43.7. The van der Waals surface area contributed by atoms with Crippen molar-refractivity contribution in [3.8, 4) is 0 Å². The van der Waals surface area contributed by atoms with Crippen LogP contribution in [-0.2, 0) is 19.2 Å². The number of carbonyl (C=O) groups excluding carboxylic acids is 3. The van der Waals surface area contributed by atoms with Crippen molar-refractivity contribution in [3.63, 3.8) is 0 Å². The van der Waals surface area contributed by atoms with Crippen molar-refractivity contribution in [2.75, 3.05) is 39.3 Å². The maximum Gasteiger partial charge on any atom is 1.00 e. The van der Waals surface area contributed by atoms with E-state index in [1.807, 2.05) is 0 Å². The van der Waals surface area contributed by atoms with Gasteiger partial charge in [-0.3, -0.25) is 14.6 Å². The van der Waals surface area contributed by atoms with Crippen molar-refractivity contribution in [1.82, 2.24) is 9.80 Å². The Morgan fingerprint density at radius 1 is 0.696 bits per heavy atom. The van der Waals surface area contributed by atoms with Crippen molar-refractivity contribution in [3.05, 3.63) is 0 Å². The zero-order valence-electron chi connectivity index (χ0n) is 13.4. The molecular formula is C10H13K2N2NaO8. The molecule has 0 unspecified atom stereocenters. The second-order valence-electron chi connectivity index (χ2n) is 3.93. The molecule has 0 rings (SSSR count). The molecule has 0 bridgehead atoms. The number of hydrogen-bond donors (Lipinski definition) is 1. The molecule has 0 saturated heterocycles. The van der Waals surface area contributed by atoms with Crippen molar-refractivity contribution >= 4 is 23.9 Å². The average Bonchev–Trinajstić information content (AvgIpc) is 2.22. The molecule has 0 aliphatic carbocycles. The van der Waals surface area contributed by atoms with Crippen LogP contribution >= 0.6 is 0 Å². The van der Waals surface area contributed by atoms with Gasteiger partial charge >= 0.3 is 138 Å². The maximum atomic E-state index is 10.5. The minimum Gasteiger partial charge on any atom is -0.549 e. The van der Waals surface area contributed by atoms with Crippen LogP contribution in [0.15, 0.2) is 0 Å². The summed E-state index contributed by atoms with van der Waals surface area (Å²) in [5.41, 5.74) is 0. The zero-order valence-corrected chi connectivity index (χ0v) is 21.7. The number of carboxylic acids is 4. The van der Waals surface area contributed by atoms with E-state index in [4.69, 9.17) is 5.11 Å². The summed E-state index contributed by atoms with van der Waals surface area (Å²) in [6.07, 6.45) is 0. The third-order valence-electron chi connectivity index (χ3n) is 2.15. The van der Waals surface area contributed by atoms with E-state index in [1.165, 1.54) is 0 Å². The van der Waals surface area contributed by atoms with Gasteiger partial charge in [-0.25, -0.2) is 0 Å². The Labute approximate surface area is 240 Å². The molecule has 0 aliphatic rings. The molecule has 1 N–H and O–H groups in total. The predicted molar refractivity (Wildman–Crippen MR) is 55.5 cm³/mol. The molecule has 0 radical (unpaired) electrons. The number of hydrogen-bond acceptors (Lipinski definition) is 9. The maximum absolute atomic E-state index is 10.5. The minimum absolute atomic E-state index is 0. The number of carbonyl (C=O) groups is 4. The molecule has 10 nitrogen and oxygen atoms in total. The zero-order chi connectivity index (χ0) is 15.7. The minimum atomic E-state index is -1.52. The van der Waals surface area contributed by atoms with Crippen LogP contribution in [0.5, 0.6) is 0 Å². The van der Waals surface area contributed by atoms with Gasteiger partial charge in [-0.1, -0.05) is 0 Å². The number of carboxylic acid groups (broad SMARTS) is 4. The van der Waals surface area contributed by atoms with Gasteiger partial charge in [0.25, 0.3) is 0 Å². The Morgan fingerprint density at radius 3 is 1.17 bits per heavy atom. The van der Waals surface area contributed by atoms with Crippen molar-refractivity contribution in [1.29, 1.82) is 0 Å². The number of aliphatic carboxylic acids is 4. The molecule has 114 valence electrons. The Bertz CT molecular complexity index is 331. The van der Waals surface area contributed by atoms with Gasteiger partial charge in [0, 0.05) is 32.7 Å². The second-order valence-corrected chi connectivity index (χ2v) is 3.93. The van der Waals surface area contributed by atoms with E-state index in [-0.39, 0.29) is 145 Å². The molecule has 0 amide bonds. The van der Waals surface area contributed by atoms with E-state index >= 15 is 0 Å². The van der Waals surface area contributed by atoms with E-state index in [9.17, 15) is 34.5 Å². The van der Waals surface area contributed by atoms with Crippen LogP contribution in [0.1, 0.15) is 0 Å². The van der Waals surface area contributed by atoms with E-state index in [2.05, 4.69) is 0 Å². The summed E-state index contributed by atoms with van der Waals surface area (Å²) < 4.78 is 0. The first-order valence-corrected chi connectivity index (χ1v) is 5.46. The fourth-order valence-electron chi connectivity index (χ4n) is 1.45. The van der Waals surface area contributed by atoms with Crippen LogP contribution in [0, 0.1) is 0 Å². The quantitative estimate of drug-likeness (QED) is 0.335. The molecule has 0 aromatic rings. The van der Waals surface area contributed by atoms with E-state index in [0.29, 0.717) is 0 Å². The standard InChI is InChI=1S/C10H16N2O8.2K.Na/c13-7(14)3-11(4-8(15)16)1-2-12(5-9(17)18)6-10(19)20;;;/h1-6H2,(H,13,14)(H,15,16)(H,17,18)(H,19,20);;;/q;3*+1/p-3. The molecule has 0 heterocycles. The fourth-order valence-corrected chi connectivity index (χ4v) is 1.45. The Morgan fingerprint density at radius 2 is 0.957 bits per heavy atom. The van der Waals surface area contributed by atoms with Gasteiger partial charge in [-0.05, 0) is 0 Å². The summed E-state index contributed by atoms with van der Waals surface area (Å²) in [5.74, 6) is -5.82. The van der Waals surface area contributed by atoms with Gasteiger partial charge in [0.2, 0.25) is 0 Å². The van der Waals surface area contributed by atoms with Gasteiger partial charge in [-0.2, -0.15) is 0 Å². The third-order valence-corrected chi connectivity index (χ3v) is 2.15. The van der Waals surface area contributed by atoms with Gasteiger partial charge in [0.15, 0.2) is 0 Å². The molecule has 23 heavy (non-hydrogen) atoms. The normalized spacial score (nSPS) is 9.30. The Hall–Kier alpha value is 2.07. The van der Waals surface area contributed by atoms with Gasteiger partial charge < -0.3 is 34.8 Å². The Balaban J connectivity index is -0.000000602. The largest absolute Gasteiger partial charge is 1.00 e. The summed E-state index contributed by atoms with van der Waals surface area (Å²) in [7, 11) is 0. The van der Waals surface area contributed by atoms with E-state index < -0.39 is 50.1 Å². The van der Waals surface area contributed by atoms with Crippen molar-refractivity contribution in [2.45, 2.75) is 0 Å². The van der Waals surface area contributed by atoms with Gasteiger partial charge in [0.05, 0.1) is 24.5 Å². The molecule has 0 aromatic carbocycles. The molecule has 0 aliphatic heterocycles. The fraction of sp³-hybridized carbons (Fsp3) is 0.600. The molecule has 13 heteroatoms. The first-order chi connectivity index (χ1) is 9.20. The molecule has 0 atom stereocenters. The van der Waals surface area contributed by atoms with Crippen LogP contribution in [0.4, 0.5) is 0 Å². The first kappa shape index (κ1) is 32.7. The monoisotopic (exact) mass is 390 g/mol. The first-order valence-electron chi connectivity index (χ1n) is 5.46. The van der Waals surface area contributed by atoms with Crippen LogP contribution in [0.3, 0.4) is 0 Å². The SMILES string of the molecule is O=C([O-])CN(CCN(CC(=O)[O-])CC(=O)O)CC(=O)[O-].[K+].[K+].[Na+]. The van der Waals surface area contributed by atoms with Crippen LogP contribution in [-0.4, -0.2) is 78.1 Å².